The van der Waals surface area contributed by atoms with Crippen molar-refractivity contribution >= 4 is 17.4 Å². The zero-order chi connectivity index (χ0) is 19.3. The molecule has 0 fully saturated rings. The van der Waals surface area contributed by atoms with Crippen LogP contribution < -0.4 is 5.32 Å². The van der Waals surface area contributed by atoms with Gasteiger partial charge in [-0.25, -0.2) is 4.68 Å². The molecule has 2 aromatic heterocycles. The lowest BCUT2D eigenvalue weighted by atomic mass is 9.88. The van der Waals surface area contributed by atoms with Crippen LogP contribution in [0.1, 0.15) is 31.1 Å². The van der Waals surface area contributed by atoms with Crippen LogP contribution in [0.3, 0.4) is 0 Å². The number of carbonyl (C=O) groups excluding carboxylic acids is 1. The molecule has 1 unspecified atom stereocenters. The number of nitrogens with zero attached hydrogens (tertiary/aromatic N) is 4. The average molecular weight is 377 g/mol. The Balaban J connectivity index is 1.57. The van der Waals surface area contributed by atoms with Gasteiger partial charge in [-0.1, -0.05) is 0 Å². The number of ketones is 1. The molecular weight excluding hydrogens is 362 g/mol. The van der Waals surface area contributed by atoms with E-state index in [2.05, 4.69) is 15.4 Å². The molecule has 0 saturated heterocycles. The Morgan fingerprint density at radius 2 is 2.00 bits per heavy atom. The van der Waals surface area contributed by atoms with Gasteiger partial charge >= 0.3 is 0 Å². The third kappa shape index (κ3) is 2.51. The Hall–Kier alpha value is -3.75. The monoisotopic (exact) mass is 377 g/mol. The van der Waals surface area contributed by atoms with Gasteiger partial charge in [-0.05, 0) is 37.1 Å². The molecule has 0 radical (unpaired) electrons. The van der Waals surface area contributed by atoms with Crippen molar-refractivity contribution in [2.24, 2.45) is 0 Å². The Kier molecular flexibility index (Phi) is 3.61. The highest BCUT2D eigenvalue weighted by atomic mass is 16.6. The van der Waals surface area contributed by atoms with Gasteiger partial charge < -0.3 is 9.73 Å². The van der Waals surface area contributed by atoms with Gasteiger partial charge in [0.15, 0.2) is 5.78 Å². The molecular formula is C19H15N5O4. The van der Waals surface area contributed by atoms with Gasteiger partial charge in [0.25, 0.3) is 5.69 Å². The number of aromatic nitrogens is 3. The highest BCUT2D eigenvalue weighted by Gasteiger charge is 2.37. The van der Waals surface area contributed by atoms with Crippen LogP contribution >= 0.6 is 0 Å². The van der Waals surface area contributed by atoms with Gasteiger partial charge in [0.1, 0.15) is 23.9 Å². The zero-order valence-electron chi connectivity index (χ0n) is 14.7. The first-order valence-electron chi connectivity index (χ1n) is 8.89. The largest absolute Gasteiger partial charge is 0.458 e. The van der Waals surface area contributed by atoms with Crippen LogP contribution in [0.15, 0.2) is 58.4 Å². The summed E-state index contributed by atoms with van der Waals surface area (Å²) >= 11 is 0. The Bertz CT molecular complexity index is 1130. The fraction of sp³-hybridized carbons (Fsp3) is 0.211. The lowest BCUT2D eigenvalue weighted by Crippen LogP contribution is -2.31. The van der Waals surface area contributed by atoms with Crippen LogP contribution in [0.4, 0.5) is 11.6 Å². The van der Waals surface area contributed by atoms with Crippen LogP contribution in [-0.2, 0) is 4.79 Å². The number of furan rings is 1. The van der Waals surface area contributed by atoms with Crippen molar-refractivity contribution < 1.29 is 14.1 Å². The van der Waals surface area contributed by atoms with Crippen LogP contribution in [0, 0.1) is 10.1 Å². The minimum atomic E-state index is -0.478. The molecule has 0 amide bonds. The molecule has 1 N–H and O–H groups in total. The van der Waals surface area contributed by atoms with E-state index in [1.54, 1.807) is 22.9 Å². The number of nitro benzene ring substituents is 1. The van der Waals surface area contributed by atoms with E-state index < -0.39 is 11.0 Å². The van der Waals surface area contributed by atoms with Crippen molar-refractivity contribution in [1.29, 1.82) is 0 Å². The van der Waals surface area contributed by atoms with Crippen molar-refractivity contribution in [3.8, 4) is 11.3 Å². The van der Waals surface area contributed by atoms with Crippen molar-refractivity contribution in [3.63, 3.8) is 0 Å². The number of anilines is 1. The topological polar surface area (TPSA) is 116 Å². The first-order chi connectivity index (χ1) is 13.6. The summed E-state index contributed by atoms with van der Waals surface area (Å²) in [5.74, 6) is 1.79. The maximum Gasteiger partial charge on any atom is 0.269 e. The van der Waals surface area contributed by atoms with Crippen molar-refractivity contribution in [2.75, 3.05) is 5.32 Å². The number of hydrogen-bond acceptors (Lipinski definition) is 7. The minimum absolute atomic E-state index is 0.0174. The lowest BCUT2D eigenvalue weighted by molar-refractivity contribution is -0.384. The maximum atomic E-state index is 12.7. The number of hydrogen-bond donors (Lipinski definition) is 1. The summed E-state index contributed by atoms with van der Waals surface area (Å²) in [7, 11) is 0. The Morgan fingerprint density at radius 1 is 1.18 bits per heavy atom. The smallest absolute Gasteiger partial charge is 0.269 e. The fourth-order valence-corrected chi connectivity index (χ4v) is 3.76. The quantitative estimate of drug-likeness (QED) is 0.549. The number of carbonyl (C=O) groups is 1. The fourth-order valence-electron chi connectivity index (χ4n) is 3.76. The van der Waals surface area contributed by atoms with E-state index in [0.717, 1.165) is 18.5 Å². The van der Waals surface area contributed by atoms with Crippen LogP contribution in [-0.4, -0.2) is 25.5 Å². The van der Waals surface area contributed by atoms with Crippen LogP contribution in [0.2, 0.25) is 0 Å². The Morgan fingerprint density at radius 3 is 2.79 bits per heavy atom. The zero-order valence-corrected chi connectivity index (χ0v) is 14.7. The second-order valence-electron chi connectivity index (χ2n) is 6.73. The predicted molar refractivity (Wildman–Crippen MR) is 98.5 cm³/mol. The minimum Gasteiger partial charge on any atom is -0.458 e. The van der Waals surface area contributed by atoms with Crippen LogP contribution in [0.25, 0.3) is 11.3 Å². The van der Waals surface area contributed by atoms with Gasteiger partial charge in [0.05, 0.1) is 4.92 Å². The van der Waals surface area contributed by atoms with Gasteiger partial charge in [-0.3, -0.25) is 14.9 Å². The number of benzene rings is 1. The van der Waals surface area contributed by atoms with Crippen molar-refractivity contribution in [2.45, 2.75) is 25.3 Å². The molecule has 9 heteroatoms. The summed E-state index contributed by atoms with van der Waals surface area (Å²) in [6, 6.07) is 9.27. The molecule has 3 aromatic rings. The van der Waals surface area contributed by atoms with E-state index in [0.29, 0.717) is 35.0 Å². The summed E-state index contributed by atoms with van der Waals surface area (Å²) in [5, 5.41) is 18.3. The molecule has 3 heterocycles. The van der Waals surface area contributed by atoms with Crippen molar-refractivity contribution in [3.05, 3.63) is 69.9 Å². The van der Waals surface area contributed by atoms with Gasteiger partial charge in [-0.2, -0.15) is 10.1 Å². The number of non-ortho nitro benzene ring substituents is 1. The van der Waals surface area contributed by atoms with E-state index in [4.69, 9.17) is 4.42 Å². The first kappa shape index (κ1) is 16.4. The lowest BCUT2D eigenvalue weighted by Gasteiger charge is -2.30. The summed E-state index contributed by atoms with van der Waals surface area (Å²) in [5.41, 5.74) is 2.27. The number of nitro groups is 1. The summed E-state index contributed by atoms with van der Waals surface area (Å²) in [6.07, 6.45) is 3.52. The Labute approximate surface area is 158 Å². The van der Waals surface area contributed by atoms with Gasteiger partial charge in [-0.15, -0.1) is 0 Å². The highest BCUT2D eigenvalue weighted by Crippen LogP contribution is 2.41. The van der Waals surface area contributed by atoms with E-state index >= 15 is 0 Å². The normalized spacial score (nSPS) is 18.4. The van der Waals surface area contributed by atoms with E-state index in [1.807, 2.05) is 6.07 Å². The van der Waals surface area contributed by atoms with E-state index in [9.17, 15) is 14.9 Å². The maximum absolute atomic E-state index is 12.7. The summed E-state index contributed by atoms with van der Waals surface area (Å²) < 4.78 is 7.71. The molecule has 1 aliphatic heterocycles. The molecule has 140 valence electrons. The second-order valence-corrected chi connectivity index (χ2v) is 6.73. The van der Waals surface area contributed by atoms with Crippen LogP contribution in [0.5, 0.6) is 0 Å². The molecule has 9 nitrogen and oxygen atoms in total. The third-order valence-corrected chi connectivity index (χ3v) is 5.07. The number of fused-ring (bicyclic) bond motifs is 1. The molecule has 1 aromatic carbocycles. The molecule has 28 heavy (non-hydrogen) atoms. The summed E-state index contributed by atoms with van der Waals surface area (Å²) in [6.45, 7) is 0. The molecule has 0 saturated carbocycles. The third-order valence-electron chi connectivity index (χ3n) is 5.07. The van der Waals surface area contributed by atoms with Crippen molar-refractivity contribution in [1.82, 2.24) is 14.8 Å². The number of rotatable bonds is 3. The highest BCUT2D eigenvalue weighted by molar-refractivity contribution is 5.99. The molecule has 2 aliphatic rings. The number of allylic oxidation sites excluding steroid dienone is 2. The molecule has 0 bridgehead atoms. The summed E-state index contributed by atoms with van der Waals surface area (Å²) in [4.78, 5) is 27.3. The second kappa shape index (κ2) is 6.15. The van der Waals surface area contributed by atoms with Gasteiger partial charge in [0, 0.05) is 35.4 Å². The average Bonchev–Trinajstić information content (AvgIpc) is 3.36. The molecule has 0 spiro atoms. The number of nitrogens with one attached hydrogen (secondary N) is 1. The van der Waals surface area contributed by atoms with E-state index in [1.165, 1.54) is 18.5 Å². The standard InChI is InChI=1S/C19H15N5O4/c25-14-3-1-2-13-17(14)18(23-19(22-13)20-10-21-23)16-9-8-15(28-16)11-4-6-12(7-5-11)24(26)27/h4-10,18H,1-3H2,(H,20,21,22). The van der Waals surface area contributed by atoms with E-state index in [-0.39, 0.29) is 11.5 Å². The SMILES string of the molecule is O=C1CCCC2=C1C(c1ccc(-c3ccc([N+](=O)[O-])cc3)o1)n1ncnc1N2. The van der Waals surface area contributed by atoms with Gasteiger partial charge in [0.2, 0.25) is 5.95 Å². The number of Topliss-reactive ketones (excluding diaryl/α,β-unsaturated/α-hetero) is 1. The molecule has 1 aliphatic carbocycles. The predicted octanol–water partition coefficient (Wildman–Crippen LogP) is 3.47. The molecule has 5 rings (SSSR count). The molecule has 1 atom stereocenters. The first-order valence-corrected chi connectivity index (χ1v) is 8.89.